The Morgan fingerprint density at radius 3 is 2.67 bits per heavy atom. The molecule has 1 N–H and O–H groups in total. The van der Waals surface area contributed by atoms with Gasteiger partial charge in [-0.2, -0.15) is 8.78 Å². The molecule has 1 fully saturated rings. The highest BCUT2D eigenvalue weighted by Gasteiger charge is 2.33. The quantitative estimate of drug-likeness (QED) is 0.781. The van der Waals surface area contributed by atoms with E-state index >= 15 is 0 Å². The van der Waals surface area contributed by atoms with E-state index in [0.717, 1.165) is 6.42 Å². The number of nitrogens with zero attached hydrogens (tertiary/aromatic N) is 1. The molecule has 0 unspecified atom stereocenters. The molecule has 15 heavy (non-hydrogen) atoms. The maximum Gasteiger partial charge on any atom is 0.345 e. The van der Waals surface area contributed by atoms with Gasteiger partial charge in [0.15, 0.2) is 0 Å². The van der Waals surface area contributed by atoms with E-state index in [1.165, 1.54) is 4.90 Å². The number of carbonyl (C=O) groups is 1. The Morgan fingerprint density at radius 2 is 2.20 bits per heavy atom. The van der Waals surface area contributed by atoms with Crippen LogP contribution in [0.3, 0.4) is 0 Å². The minimum absolute atomic E-state index is 0.104. The van der Waals surface area contributed by atoms with Crippen LogP contribution >= 0.6 is 0 Å². The molecule has 0 aliphatic carbocycles. The van der Waals surface area contributed by atoms with Crippen LogP contribution in [0.15, 0.2) is 0 Å². The van der Waals surface area contributed by atoms with Crippen LogP contribution in [0.5, 0.6) is 0 Å². The second-order valence-electron chi connectivity index (χ2n) is 3.68. The number of amides is 2. The normalized spacial score (nSPS) is 18.9. The Kier molecular flexibility index (Phi) is 4.26. The van der Waals surface area contributed by atoms with E-state index in [1.54, 1.807) is 0 Å². The van der Waals surface area contributed by atoms with Gasteiger partial charge in [-0.25, -0.2) is 4.79 Å². The molecule has 1 aliphatic rings. The smallest absolute Gasteiger partial charge is 0.336 e. The maximum atomic E-state index is 11.8. The fourth-order valence-corrected chi connectivity index (χ4v) is 1.24. The summed E-state index contributed by atoms with van der Waals surface area (Å²) < 4.78 is 27.8. The van der Waals surface area contributed by atoms with Crippen molar-refractivity contribution in [1.29, 1.82) is 0 Å². The van der Waals surface area contributed by atoms with Crippen LogP contribution in [0.25, 0.3) is 0 Å². The third kappa shape index (κ3) is 3.62. The van der Waals surface area contributed by atoms with Gasteiger partial charge in [0.05, 0.1) is 19.2 Å². The molecular formula is C9H16F2N2O2. The van der Waals surface area contributed by atoms with Gasteiger partial charge in [0.1, 0.15) is 0 Å². The minimum atomic E-state index is -2.75. The molecule has 0 aromatic carbocycles. The highest BCUT2D eigenvalue weighted by molar-refractivity contribution is 5.75. The van der Waals surface area contributed by atoms with E-state index in [2.05, 4.69) is 10.1 Å². The molecule has 0 spiro atoms. The minimum Gasteiger partial charge on any atom is -0.336 e. The van der Waals surface area contributed by atoms with E-state index < -0.39 is 12.7 Å². The molecule has 2 amide bonds. The van der Waals surface area contributed by atoms with Crippen molar-refractivity contribution in [3.63, 3.8) is 0 Å². The number of nitrogens with one attached hydrogen (secondary N) is 1. The molecular weight excluding hydrogens is 206 g/mol. The van der Waals surface area contributed by atoms with Crippen molar-refractivity contribution in [2.45, 2.75) is 39.0 Å². The lowest BCUT2D eigenvalue weighted by Gasteiger charge is -2.38. The molecule has 0 saturated carbocycles. The standard InChI is InChI=1S/C9H16F2N2O2/c1-3-6(2)12-9(14)13-4-7(5-13)15-8(10)11/h6-8H,3-5H2,1-2H3,(H,12,14)/t6-/m1/s1. The molecule has 1 rings (SSSR count). The zero-order valence-corrected chi connectivity index (χ0v) is 8.87. The van der Waals surface area contributed by atoms with Crippen molar-refractivity contribution in [2.24, 2.45) is 0 Å². The van der Waals surface area contributed by atoms with Gasteiger partial charge in [-0.1, -0.05) is 6.92 Å². The number of halogens is 2. The van der Waals surface area contributed by atoms with Crippen LogP contribution in [-0.4, -0.2) is 42.8 Å². The van der Waals surface area contributed by atoms with Gasteiger partial charge < -0.3 is 15.0 Å². The topological polar surface area (TPSA) is 41.6 Å². The summed E-state index contributed by atoms with van der Waals surface area (Å²) in [5.74, 6) is 0. The zero-order valence-electron chi connectivity index (χ0n) is 8.87. The average molecular weight is 222 g/mol. The SMILES string of the molecule is CC[C@@H](C)NC(=O)N1CC(OC(F)F)C1. The van der Waals surface area contributed by atoms with Crippen molar-refractivity contribution >= 4 is 6.03 Å². The summed E-state index contributed by atoms with van der Waals surface area (Å²) in [6, 6.07) is -0.106. The second kappa shape index (κ2) is 5.25. The molecule has 0 aromatic rings. The van der Waals surface area contributed by atoms with Gasteiger partial charge in [-0.15, -0.1) is 0 Å². The van der Waals surface area contributed by atoms with Crippen LogP contribution in [0.1, 0.15) is 20.3 Å². The first kappa shape index (κ1) is 12.2. The molecule has 88 valence electrons. The number of carbonyl (C=O) groups excluding carboxylic acids is 1. The van der Waals surface area contributed by atoms with Gasteiger partial charge in [0.25, 0.3) is 0 Å². The summed E-state index contributed by atoms with van der Waals surface area (Å²) in [7, 11) is 0. The molecule has 6 heteroatoms. The Balaban J connectivity index is 2.18. The summed E-state index contributed by atoms with van der Waals surface area (Å²) in [4.78, 5) is 12.9. The second-order valence-corrected chi connectivity index (χ2v) is 3.68. The summed E-state index contributed by atoms with van der Waals surface area (Å²) in [6.07, 6.45) is 0.323. The molecule has 4 nitrogen and oxygen atoms in total. The van der Waals surface area contributed by atoms with Gasteiger partial charge in [0.2, 0.25) is 0 Å². The number of ether oxygens (including phenoxy) is 1. The number of hydrogen-bond acceptors (Lipinski definition) is 2. The summed E-state index contributed by atoms with van der Waals surface area (Å²) in [5.41, 5.74) is 0. The maximum absolute atomic E-state index is 11.8. The molecule has 1 saturated heterocycles. The molecule has 1 heterocycles. The zero-order chi connectivity index (χ0) is 11.4. The third-order valence-corrected chi connectivity index (χ3v) is 2.41. The van der Waals surface area contributed by atoms with Gasteiger partial charge in [0, 0.05) is 6.04 Å². The first-order chi connectivity index (χ1) is 7.02. The van der Waals surface area contributed by atoms with Crippen molar-refractivity contribution in [3.8, 4) is 0 Å². The van der Waals surface area contributed by atoms with Crippen molar-refractivity contribution < 1.29 is 18.3 Å². The summed E-state index contributed by atoms with van der Waals surface area (Å²) in [6.45, 7) is 1.59. The van der Waals surface area contributed by atoms with Crippen molar-refractivity contribution in [2.75, 3.05) is 13.1 Å². The largest absolute Gasteiger partial charge is 0.345 e. The lowest BCUT2D eigenvalue weighted by molar-refractivity contribution is -0.189. The van der Waals surface area contributed by atoms with E-state index in [0.29, 0.717) is 0 Å². The lowest BCUT2D eigenvalue weighted by Crippen LogP contribution is -2.59. The fourth-order valence-electron chi connectivity index (χ4n) is 1.24. The molecule has 0 aromatic heterocycles. The Bertz CT molecular complexity index is 220. The summed E-state index contributed by atoms with van der Waals surface area (Å²) in [5, 5.41) is 2.75. The monoisotopic (exact) mass is 222 g/mol. The average Bonchev–Trinajstić information content (AvgIpc) is 2.09. The van der Waals surface area contributed by atoms with Crippen LogP contribution in [0.2, 0.25) is 0 Å². The van der Waals surface area contributed by atoms with Crippen LogP contribution < -0.4 is 5.32 Å². The number of likely N-dealkylation sites (tertiary alicyclic amines) is 1. The Morgan fingerprint density at radius 1 is 1.60 bits per heavy atom. The highest BCUT2D eigenvalue weighted by atomic mass is 19.3. The summed E-state index contributed by atoms with van der Waals surface area (Å²) >= 11 is 0. The van der Waals surface area contributed by atoms with Gasteiger partial charge >= 0.3 is 12.6 Å². The molecule has 1 aliphatic heterocycles. The van der Waals surface area contributed by atoms with E-state index in [9.17, 15) is 13.6 Å². The van der Waals surface area contributed by atoms with Crippen LogP contribution in [0.4, 0.5) is 13.6 Å². The van der Waals surface area contributed by atoms with Crippen molar-refractivity contribution in [1.82, 2.24) is 10.2 Å². The molecule has 0 bridgehead atoms. The van der Waals surface area contributed by atoms with E-state index in [1.807, 2.05) is 13.8 Å². The number of hydrogen-bond donors (Lipinski definition) is 1. The molecule has 1 atom stereocenters. The third-order valence-electron chi connectivity index (χ3n) is 2.41. The Hall–Kier alpha value is -0.910. The van der Waals surface area contributed by atoms with Gasteiger partial charge in [-0.3, -0.25) is 0 Å². The molecule has 0 radical (unpaired) electrons. The van der Waals surface area contributed by atoms with Crippen LogP contribution in [-0.2, 0) is 4.74 Å². The predicted molar refractivity (Wildman–Crippen MR) is 50.7 cm³/mol. The first-order valence-corrected chi connectivity index (χ1v) is 5.02. The number of rotatable bonds is 4. The highest BCUT2D eigenvalue weighted by Crippen LogP contribution is 2.14. The lowest BCUT2D eigenvalue weighted by atomic mass is 10.2. The fraction of sp³-hybridized carbons (Fsp3) is 0.889. The van der Waals surface area contributed by atoms with Crippen LogP contribution in [0, 0.1) is 0 Å². The first-order valence-electron chi connectivity index (χ1n) is 5.02. The van der Waals surface area contributed by atoms with E-state index in [-0.39, 0.29) is 25.2 Å². The van der Waals surface area contributed by atoms with Gasteiger partial charge in [-0.05, 0) is 13.3 Å². The Labute approximate surface area is 87.6 Å². The van der Waals surface area contributed by atoms with E-state index in [4.69, 9.17) is 0 Å². The number of urea groups is 1. The predicted octanol–water partition coefficient (Wildman–Crippen LogP) is 1.42. The number of alkyl halides is 2. The van der Waals surface area contributed by atoms with Crippen molar-refractivity contribution in [3.05, 3.63) is 0 Å².